The second-order valence-electron chi connectivity index (χ2n) is 3.01. The van der Waals surface area contributed by atoms with Crippen LogP contribution >= 0.6 is 15.9 Å². The number of aliphatic carboxylic acids is 1. The molecule has 0 unspecified atom stereocenters. The van der Waals surface area contributed by atoms with Crippen molar-refractivity contribution in [3.63, 3.8) is 0 Å². The summed E-state index contributed by atoms with van der Waals surface area (Å²) >= 11 is 3.25. The van der Waals surface area contributed by atoms with Gasteiger partial charge in [-0.2, -0.15) is 0 Å². The molecule has 1 aliphatic heterocycles. The first-order valence-corrected chi connectivity index (χ1v) is 5.09. The zero-order valence-corrected chi connectivity index (χ0v) is 9.43. The minimum atomic E-state index is -1.26. The summed E-state index contributed by atoms with van der Waals surface area (Å²) in [4.78, 5) is 22.3. The second kappa shape index (κ2) is 10.00. The van der Waals surface area contributed by atoms with Crippen molar-refractivity contribution < 1.29 is 14.7 Å². The molecule has 1 amide bonds. The zero-order valence-electron chi connectivity index (χ0n) is 7.85. The molecule has 9 heteroatoms. The summed E-state index contributed by atoms with van der Waals surface area (Å²) in [5, 5.41) is 15.5. The van der Waals surface area contributed by atoms with Crippen LogP contribution in [-0.2, 0) is 9.59 Å². The quantitative estimate of drug-likeness (QED) is 0.777. The van der Waals surface area contributed by atoms with Crippen LogP contribution in [0.4, 0.5) is 0 Å². The predicted octanol–water partition coefficient (Wildman–Crippen LogP) is 0.292. The number of carbonyl (C=O) groups is 2. The number of carboxylic acids is 1. The van der Waals surface area contributed by atoms with Gasteiger partial charge in [-0.3, -0.25) is 4.79 Å². The number of carbonyl (C=O) groups excluding carboxylic acids is 1. The fraction of sp³-hybridized carbons (Fsp3) is 0. The average molecular weight is 353 g/mol. The van der Waals surface area contributed by atoms with Gasteiger partial charge in [0.25, 0.3) is 5.91 Å². The van der Waals surface area contributed by atoms with Gasteiger partial charge in [-0.1, -0.05) is 34.1 Å². The molecule has 5 nitrogen and oxygen atoms in total. The average Bonchev–Trinajstić information content (AvgIpc) is 2.61. The van der Waals surface area contributed by atoms with Gasteiger partial charge in [0.05, 0.1) is 5.57 Å². The van der Waals surface area contributed by atoms with Crippen LogP contribution in [0.2, 0.25) is 0 Å². The Bertz CT molecular complexity index is 561. The molecule has 1 aromatic rings. The molecular formula is C10H8BrN2Na3O3. The molecule has 1 N–H and O–H groups in total. The molecule has 0 aromatic heterocycles. The first-order valence-electron chi connectivity index (χ1n) is 4.30. The number of carboxylic acid groups (broad SMARTS) is 1. The van der Waals surface area contributed by atoms with Crippen LogP contribution in [0.25, 0.3) is 5.57 Å². The molecular weight excluding hydrogens is 345 g/mol. The van der Waals surface area contributed by atoms with Gasteiger partial charge in [0.15, 0.2) is 5.70 Å². The van der Waals surface area contributed by atoms with E-state index in [1.807, 2.05) is 0 Å². The number of hydrogen-bond acceptors (Lipinski definition) is 3. The number of hydrogen-bond donors (Lipinski definition) is 1. The zero-order chi connectivity index (χ0) is 11.7. The first kappa shape index (κ1) is 22.5. The molecule has 2 rings (SSSR count). The Kier molecular flexibility index (Phi) is 11.8. The molecule has 0 radical (unpaired) electrons. The van der Waals surface area contributed by atoms with Crippen molar-refractivity contribution in [1.29, 1.82) is 0 Å². The summed E-state index contributed by atoms with van der Waals surface area (Å²) in [5.41, 5.74) is 0.173. The van der Waals surface area contributed by atoms with Gasteiger partial charge in [-0.25, -0.2) is 4.79 Å². The van der Waals surface area contributed by atoms with Crippen molar-refractivity contribution in [1.82, 2.24) is 0 Å². The third-order valence-corrected chi connectivity index (χ3v) is 2.73. The second-order valence-corrected chi connectivity index (χ2v) is 3.87. The number of azo groups is 1. The van der Waals surface area contributed by atoms with Crippen LogP contribution in [0.3, 0.4) is 0 Å². The number of nitrogens with zero attached hydrogens (tertiary/aromatic N) is 2. The maximum absolute atomic E-state index is 11.4. The molecule has 0 spiro atoms. The first-order chi connectivity index (χ1) is 7.61. The van der Waals surface area contributed by atoms with Crippen molar-refractivity contribution in [3.05, 3.63) is 40.0 Å². The fourth-order valence-corrected chi connectivity index (χ4v) is 1.84. The Morgan fingerprint density at radius 1 is 1.11 bits per heavy atom. The van der Waals surface area contributed by atoms with Crippen LogP contribution in [0.5, 0.6) is 0 Å². The summed E-state index contributed by atoms with van der Waals surface area (Å²) < 4.78 is 0.629. The SMILES string of the molecule is O=C(O)C1=C(c2ccccc2Br)C(=O)N=N1.[NaH].[NaH].[NaH]. The van der Waals surface area contributed by atoms with Crippen molar-refractivity contribution in [2.45, 2.75) is 0 Å². The van der Waals surface area contributed by atoms with E-state index in [1.165, 1.54) is 0 Å². The van der Waals surface area contributed by atoms with Crippen molar-refractivity contribution in [3.8, 4) is 0 Å². The third-order valence-electron chi connectivity index (χ3n) is 2.04. The Morgan fingerprint density at radius 3 is 2.21 bits per heavy atom. The monoisotopic (exact) mass is 352 g/mol. The Labute approximate surface area is 184 Å². The summed E-state index contributed by atoms with van der Waals surface area (Å²) in [6, 6.07) is 6.82. The molecule has 0 fully saturated rings. The number of benzene rings is 1. The standard InChI is InChI=1S/C10H5BrN2O3.3Na.3H/c11-6-4-2-1-3-5(6)7-8(10(15)16)12-13-9(7)14;;;;;;/h1-4H,(H,15,16);;;;;;. The minimum absolute atomic E-state index is 0. The molecule has 0 aliphatic carbocycles. The van der Waals surface area contributed by atoms with Crippen molar-refractivity contribution >= 4 is 122 Å². The van der Waals surface area contributed by atoms with Crippen LogP contribution in [0.15, 0.2) is 44.7 Å². The molecule has 1 aliphatic rings. The van der Waals surface area contributed by atoms with Gasteiger partial charge in [0.1, 0.15) is 0 Å². The topological polar surface area (TPSA) is 79.1 Å². The molecule has 1 aromatic carbocycles. The van der Waals surface area contributed by atoms with Gasteiger partial charge in [-0.05, 0) is 6.07 Å². The predicted molar refractivity (Wildman–Crippen MR) is 80.0 cm³/mol. The molecule has 19 heavy (non-hydrogen) atoms. The Morgan fingerprint density at radius 2 is 1.68 bits per heavy atom. The summed E-state index contributed by atoms with van der Waals surface area (Å²) in [7, 11) is 0. The van der Waals surface area contributed by atoms with Gasteiger partial charge in [0.2, 0.25) is 0 Å². The van der Waals surface area contributed by atoms with Crippen LogP contribution in [0.1, 0.15) is 5.56 Å². The summed E-state index contributed by atoms with van der Waals surface area (Å²) in [6.07, 6.45) is 0. The normalized spacial score (nSPS) is 12.4. The van der Waals surface area contributed by atoms with E-state index in [-0.39, 0.29) is 99.9 Å². The molecule has 86 valence electrons. The van der Waals surface area contributed by atoms with Crippen molar-refractivity contribution in [2.75, 3.05) is 0 Å². The van der Waals surface area contributed by atoms with E-state index >= 15 is 0 Å². The number of rotatable bonds is 2. The van der Waals surface area contributed by atoms with E-state index in [0.29, 0.717) is 10.0 Å². The van der Waals surface area contributed by atoms with E-state index in [1.54, 1.807) is 24.3 Å². The van der Waals surface area contributed by atoms with Gasteiger partial charge >= 0.3 is 94.6 Å². The fourth-order valence-electron chi connectivity index (χ4n) is 1.35. The van der Waals surface area contributed by atoms with Gasteiger partial charge in [-0.15, -0.1) is 10.2 Å². The Balaban J connectivity index is 0. The number of amides is 1. The van der Waals surface area contributed by atoms with E-state index < -0.39 is 11.9 Å². The van der Waals surface area contributed by atoms with Crippen molar-refractivity contribution in [2.24, 2.45) is 10.2 Å². The maximum atomic E-state index is 11.4. The van der Waals surface area contributed by atoms with E-state index in [2.05, 4.69) is 26.2 Å². The molecule has 0 saturated heterocycles. The van der Waals surface area contributed by atoms with Gasteiger partial charge in [0, 0.05) is 10.0 Å². The third kappa shape index (κ3) is 5.14. The van der Waals surface area contributed by atoms with Crippen LogP contribution in [-0.4, -0.2) is 106 Å². The van der Waals surface area contributed by atoms with E-state index in [9.17, 15) is 9.59 Å². The summed E-state index contributed by atoms with van der Waals surface area (Å²) in [5.74, 6) is -1.90. The van der Waals surface area contributed by atoms with Gasteiger partial charge < -0.3 is 5.11 Å². The summed E-state index contributed by atoms with van der Waals surface area (Å²) in [6.45, 7) is 0. The molecule has 0 bridgehead atoms. The molecule has 0 saturated carbocycles. The van der Waals surface area contributed by atoms with Crippen LogP contribution in [0, 0.1) is 0 Å². The van der Waals surface area contributed by atoms with E-state index in [4.69, 9.17) is 5.11 Å². The number of halogens is 1. The van der Waals surface area contributed by atoms with Crippen LogP contribution < -0.4 is 0 Å². The molecule has 0 atom stereocenters. The molecule has 1 heterocycles. The van der Waals surface area contributed by atoms with E-state index in [0.717, 1.165) is 0 Å². The Hall–Kier alpha value is 1.18.